The predicted octanol–water partition coefficient (Wildman–Crippen LogP) is 10.8. The molecule has 0 bridgehead atoms. The molecule has 0 radical (unpaired) electrons. The van der Waals surface area contributed by atoms with Crippen LogP contribution < -0.4 is 9.47 Å². The third kappa shape index (κ3) is 8.09. The molecule has 0 saturated carbocycles. The number of rotatable bonds is 16. The molecule has 4 rings (SSSR count). The maximum absolute atomic E-state index is 6.19. The second-order valence-corrected chi connectivity index (χ2v) is 12.8. The molecule has 2 atom stereocenters. The SMILES string of the molecule is CCCCC(CC)COc1ccc(-c2nc3c(C)sc(C)c3nc2-c2ccc(OCC(CC)CCCC)cc2)cc1. The molecule has 0 spiro atoms. The van der Waals surface area contributed by atoms with Crippen LogP contribution in [0.3, 0.4) is 0 Å². The number of benzene rings is 2. The first-order valence-electron chi connectivity index (χ1n) is 15.7. The number of nitrogens with zero attached hydrogens (tertiary/aromatic N) is 2. The molecule has 4 aromatic rings. The van der Waals surface area contributed by atoms with Crippen LogP contribution in [-0.4, -0.2) is 23.2 Å². The highest BCUT2D eigenvalue weighted by Gasteiger charge is 2.18. The van der Waals surface area contributed by atoms with Gasteiger partial charge in [-0.3, -0.25) is 0 Å². The summed E-state index contributed by atoms with van der Waals surface area (Å²) in [7, 11) is 0. The summed E-state index contributed by atoms with van der Waals surface area (Å²) in [6.45, 7) is 14.8. The van der Waals surface area contributed by atoms with Crippen LogP contribution in [0.25, 0.3) is 33.5 Å². The van der Waals surface area contributed by atoms with Gasteiger partial charge < -0.3 is 9.47 Å². The summed E-state index contributed by atoms with van der Waals surface area (Å²) in [4.78, 5) is 12.8. The van der Waals surface area contributed by atoms with Crippen molar-refractivity contribution in [3.05, 3.63) is 58.3 Å². The van der Waals surface area contributed by atoms with Crippen molar-refractivity contribution >= 4 is 22.4 Å². The number of unbranched alkanes of at least 4 members (excludes halogenated alkanes) is 2. The minimum absolute atomic E-state index is 0.607. The highest BCUT2D eigenvalue weighted by atomic mass is 32.1. The van der Waals surface area contributed by atoms with Crippen LogP contribution >= 0.6 is 11.3 Å². The van der Waals surface area contributed by atoms with Crippen LogP contribution in [-0.2, 0) is 0 Å². The van der Waals surface area contributed by atoms with Gasteiger partial charge in [0.05, 0.1) is 24.6 Å². The lowest BCUT2D eigenvalue weighted by molar-refractivity contribution is 0.233. The monoisotopic (exact) mass is 572 g/mol. The Labute approximate surface area is 251 Å². The van der Waals surface area contributed by atoms with Crippen molar-refractivity contribution in [3.8, 4) is 34.0 Å². The summed E-state index contributed by atoms with van der Waals surface area (Å²) in [5.74, 6) is 3.03. The topological polar surface area (TPSA) is 44.2 Å². The number of ether oxygens (including phenoxy) is 2. The molecule has 2 heterocycles. The van der Waals surface area contributed by atoms with Gasteiger partial charge in [0.2, 0.25) is 0 Å². The minimum atomic E-state index is 0.607. The normalized spacial score (nSPS) is 12.9. The smallest absolute Gasteiger partial charge is 0.119 e. The van der Waals surface area contributed by atoms with E-state index in [1.54, 1.807) is 11.3 Å². The number of aromatic nitrogens is 2. The molecule has 0 amide bonds. The van der Waals surface area contributed by atoms with Crippen molar-refractivity contribution in [1.29, 1.82) is 0 Å². The van der Waals surface area contributed by atoms with Gasteiger partial charge in [-0.15, -0.1) is 11.3 Å². The van der Waals surface area contributed by atoms with E-state index in [9.17, 15) is 0 Å². The van der Waals surface area contributed by atoms with Gasteiger partial charge in [-0.05, 0) is 87.1 Å². The third-order valence-corrected chi connectivity index (χ3v) is 9.18. The number of fused-ring (bicyclic) bond motifs is 1. The van der Waals surface area contributed by atoms with Crippen LogP contribution in [0, 0.1) is 25.7 Å². The van der Waals surface area contributed by atoms with E-state index in [1.165, 1.54) is 48.3 Å². The van der Waals surface area contributed by atoms with E-state index in [4.69, 9.17) is 19.4 Å². The van der Waals surface area contributed by atoms with E-state index in [0.29, 0.717) is 11.8 Å². The zero-order valence-electron chi connectivity index (χ0n) is 26.0. The van der Waals surface area contributed by atoms with Crippen LogP contribution in [0.5, 0.6) is 11.5 Å². The lowest BCUT2D eigenvalue weighted by Gasteiger charge is -2.16. The molecule has 2 aromatic heterocycles. The number of thiophene rings is 1. The van der Waals surface area contributed by atoms with Crippen LogP contribution in [0.15, 0.2) is 48.5 Å². The lowest BCUT2D eigenvalue weighted by atomic mass is 10.0. The van der Waals surface area contributed by atoms with Crippen molar-refractivity contribution in [2.75, 3.05) is 13.2 Å². The molecule has 220 valence electrons. The van der Waals surface area contributed by atoms with Gasteiger partial charge in [0, 0.05) is 20.9 Å². The van der Waals surface area contributed by atoms with E-state index >= 15 is 0 Å². The lowest BCUT2D eigenvalue weighted by Crippen LogP contribution is -2.11. The first-order valence-corrected chi connectivity index (χ1v) is 16.5. The van der Waals surface area contributed by atoms with E-state index in [1.807, 2.05) is 0 Å². The molecule has 4 nitrogen and oxygen atoms in total. The fourth-order valence-electron chi connectivity index (χ4n) is 5.30. The van der Waals surface area contributed by atoms with Gasteiger partial charge >= 0.3 is 0 Å². The Balaban J connectivity index is 1.58. The van der Waals surface area contributed by atoms with Crippen molar-refractivity contribution < 1.29 is 9.47 Å². The van der Waals surface area contributed by atoms with E-state index in [-0.39, 0.29) is 0 Å². The standard InChI is InChI=1S/C36H48N2O2S/c1-7-11-13-27(9-3)23-39-31-19-15-29(16-20-31)35-36(38-34-26(6)41-25(5)33(34)37-35)30-17-21-32(22-18-30)40-24-28(10-4)14-12-8-2/h15-22,27-28H,7-14,23-24H2,1-6H3. The Bertz CT molecular complexity index is 1260. The zero-order chi connectivity index (χ0) is 29.2. The minimum Gasteiger partial charge on any atom is -0.493 e. The number of hydrogen-bond acceptors (Lipinski definition) is 5. The summed E-state index contributed by atoms with van der Waals surface area (Å²) in [6.07, 6.45) is 9.74. The molecule has 5 heteroatoms. The van der Waals surface area contributed by atoms with E-state index in [2.05, 4.69) is 90.1 Å². The summed E-state index contributed by atoms with van der Waals surface area (Å²) in [5.41, 5.74) is 5.88. The van der Waals surface area contributed by atoms with Gasteiger partial charge in [-0.1, -0.05) is 66.2 Å². The summed E-state index contributed by atoms with van der Waals surface area (Å²) in [5, 5.41) is 0. The van der Waals surface area contributed by atoms with Gasteiger partial charge in [-0.25, -0.2) is 9.97 Å². The van der Waals surface area contributed by atoms with Crippen molar-refractivity contribution in [3.63, 3.8) is 0 Å². The van der Waals surface area contributed by atoms with Gasteiger partial charge in [0.1, 0.15) is 22.5 Å². The second-order valence-electron chi connectivity index (χ2n) is 11.3. The predicted molar refractivity (Wildman–Crippen MR) is 175 cm³/mol. The maximum atomic E-state index is 6.19. The molecule has 2 aromatic carbocycles. The summed E-state index contributed by atoms with van der Waals surface area (Å²) >= 11 is 1.76. The van der Waals surface area contributed by atoms with Gasteiger partial charge in [0.25, 0.3) is 0 Å². The van der Waals surface area contributed by atoms with Gasteiger partial charge in [-0.2, -0.15) is 0 Å². The van der Waals surface area contributed by atoms with Crippen molar-refractivity contribution in [2.24, 2.45) is 11.8 Å². The Hall–Kier alpha value is -2.92. The average Bonchev–Trinajstić information content (AvgIpc) is 3.29. The quantitative estimate of drug-likeness (QED) is 0.134. The molecule has 0 N–H and O–H groups in total. The van der Waals surface area contributed by atoms with Gasteiger partial charge in [0.15, 0.2) is 0 Å². The zero-order valence-corrected chi connectivity index (χ0v) is 26.8. The number of aryl methyl sites for hydroxylation is 2. The highest BCUT2D eigenvalue weighted by Crippen LogP contribution is 2.36. The van der Waals surface area contributed by atoms with Crippen LogP contribution in [0.4, 0.5) is 0 Å². The largest absolute Gasteiger partial charge is 0.493 e. The maximum Gasteiger partial charge on any atom is 0.119 e. The molecule has 0 aliphatic rings. The Morgan fingerprint density at radius 1 is 0.610 bits per heavy atom. The molecular formula is C36H48N2O2S. The molecular weight excluding hydrogens is 524 g/mol. The van der Waals surface area contributed by atoms with Crippen LogP contribution in [0.1, 0.15) is 88.8 Å². The third-order valence-electron chi connectivity index (χ3n) is 8.18. The molecule has 0 aliphatic heterocycles. The molecule has 41 heavy (non-hydrogen) atoms. The van der Waals surface area contributed by atoms with Crippen LogP contribution in [0.2, 0.25) is 0 Å². The first kappa shape index (κ1) is 31.0. The van der Waals surface area contributed by atoms with Crippen molar-refractivity contribution in [2.45, 2.75) is 92.9 Å². The van der Waals surface area contributed by atoms with Crippen molar-refractivity contribution in [1.82, 2.24) is 9.97 Å². The van der Waals surface area contributed by atoms with E-state index < -0.39 is 0 Å². The Morgan fingerprint density at radius 2 is 1.00 bits per heavy atom. The second kappa shape index (κ2) is 15.3. The molecule has 0 saturated heterocycles. The summed E-state index contributed by atoms with van der Waals surface area (Å²) < 4.78 is 12.4. The molecule has 0 aliphatic carbocycles. The Morgan fingerprint density at radius 3 is 1.34 bits per heavy atom. The fourth-order valence-corrected chi connectivity index (χ4v) is 6.23. The number of hydrogen-bond donors (Lipinski definition) is 0. The average molecular weight is 573 g/mol. The highest BCUT2D eigenvalue weighted by molar-refractivity contribution is 7.13. The Kier molecular flexibility index (Phi) is 11.6. The molecule has 0 fully saturated rings. The summed E-state index contributed by atoms with van der Waals surface area (Å²) in [6, 6.07) is 16.8. The molecule has 2 unspecified atom stereocenters. The van der Waals surface area contributed by atoms with E-state index in [0.717, 1.165) is 71.1 Å². The fraction of sp³-hybridized carbons (Fsp3) is 0.500. The first-order chi connectivity index (χ1) is 20.0.